The van der Waals surface area contributed by atoms with Crippen LogP contribution in [0.25, 0.3) is 11.4 Å². The summed E-state index contributed by atoms with van der Waals surface area (Å²) in [5, 5.41) is 3.17. The van der Waals surface area contributed by atoms with Crippen LogP contribution in [0.1, 0.15) is 26.7 Å². The van der Waals surface area contributed by atoms with Crippen molar-refractivity contribution in [3.63, 3.8) is 0 Å². The maximum atomic E-state index is 12.1. The Balaban J connectivity index is 2.05. The van der Waals surface area contributed by atoms with E-state index in [1.54, 1.807) is 12.1 Å². The van der Waals surface area contributed by atoms with Crippen LogP contribution >= 0.6 is 11.5 Å². The lowest BCUT2D eigenvalue weighted by atomic mass is 10.0. The summed E-state index contributed by atoms with van der Waals surface area (Å²) in [6.45, 7) is 1.06. The zero-order chi connectivity index (χ0) is 16.8. The number of amides is 1. The van der Waals surface area contributed by atoms with Crippen molar-refractivity contribution in [3.8, 4) is 17.1 Å². The first kappa shape index (κ1) is 17.3. The number of ether oxygens (including phenoxy) is 1. The smallest absolute Gasteiger partial charge is 0.387 e. The van der Waals surface area contributed by atoms with Crippen LogP contribution in [0, 0.1) is 5.92 Å². The van der Waals surface area contributed by atoms with Gasteiger partial charge in [0.1, 0.15) is 5.75 Å². The molecule has 1 amide bonds. The highest BCUT2D eigenvalue weighted by molar-refractivity contribution is 7.10. The van der Waals surface area contributed by atoms with E-state index in [2.05, 4.69) is 19.4 Å². The van der Waals surface area contributed by atoms with Gasteiger partial charge in [-0.2, -0.15) is 18.1 Å². The normalized spacial score (nSPS) is 11.0. The van der Waals surface area contributed by atoms with E-state index in [1.807, 2.05) is 13.8 Å². The summed E-state index contributed by atoms with van der Waals surface area (Å²) in [4.78, 5) is 16.3. The Hall–Kier alpha value is -2.09. The van der Waals surface area contributed by atoms with E-state index in [0.29, 0.717) is 16.5 Å². The molecule has 5 nitrogen and oxygen atoms in total. The molecule has 2 rings (SSSR count). The average molecular weight is 341 g/mol. The van der Waals surface area contributed by atoms with Crippen molar-refractivity contribution in [3.05, 3.63) is 24.3 Å². The third-order valence-corrected chi connectivity index (χ3v) is 3.98. The molecule has 0 saturated carbocycles. The quantitative estimate of drug-likeness (QED) is 0.820. The summed E-state index contributed by atoms with van der Waals surface area (Å²) in [6, 6.07) is 6.02. The summed E-state index contributed by atoms with van der Waals surface area (Å²) in [5.74, 6) is 0.381. The molecule has 0 atom stereocenters. The van der Waals surface area contributed by atoms with Crippen LogP contribution < -0.4 is 10.1 Å². The number of aromatic nitrogens is 2. The largest absolute Gasteiger partial charge is 0.435 e. The molecule has 8 heteroatoms. The van der Waals surface area contributed by atoms with Crippen LogP contribution in [-0.2, 0) is 4.79 Å². The number of benzene rings is 1. The van der Waals surface area contributed by atoms with Gasteiger partial charge in [-0.05, 0) is 37.1 Å². The molecule has 1 heterocycles. The molecule has 0 aliphatic rings. The van der Waals surface area contributed by atoms with Gasteiger partial charge in [-0.15, -0.1) is 0 Å². The van der Waals surface area contributed by atoms with Crippen molar-refractivity contribution in [2.75, 3.05) is 5.32 Å². The number of hydrogen-bond donors (Lipinski definition) is 1. The van der Waals surface area contributed by atoms with Crippen LogP contribution in [0.2, 0.25) is 0 Å². The molecule has 0 spiro atoms. The fourth-order valence-electron chi connectivity index (χ4n) is 2.04. The molecular weight excluding hydrogens is 324 g/mol. The molecule has 0 unspecified atom stereocenters. The van der Waals surface area contributed by atoms with Crippen molar-refractivity contribution in [1.29, 1.82) is 0 Å². The number of carbonyl (C=O) groups is 1. The minimum absolute atomic E-state index is 0.0480. The Morgan fingerprint density at radius 1 is 1.26 bits per heavy atom. The molecule has 23 heavy (non-hydrogen) atoms. The minimum Gasteiger partial charge on any atom is -0.435 e. The molecule has 0 aliphatic heterocycles. The van der Waals surface area contributed by atoms with Gasteiger partial charge in [0.05, 0.1) is 0 Å². The van der Waals surface area contributed by atoms with E-state index in [4.69, 9.17) is 0 Å². The first-order chi connectivity index (χ1) is 11.0. The van der Waals surface area contributed by atoms with Crippen LogP contribution in [0.15, 0.2) is 24.3 Å². The second-order valence-electron chi connectivity index (χ2n) is 4.83. The number of nitrogens with zero attached hydrogens (tertiary/aromatic N) is 2. The van der Waals surface area contributed by atoms with Crippen molar-refractivity contribution < 1.29 is 18.3 Å². The van der Waals surface area contributed by atoms with E-state index in [9.17, 15) is 13.6 Å². The van der Waals surface area contributed by atoms with Crippen molar-refractivity contribution in [2.24, 2.45) is 5.92 Å². The predicted octanol–water partition coefficient (Wildman–Crippen LogP) is 4.18. The first-order valence-corrected chi connectivity index (χ1v) is 8.00. The van der Waals surface area contributed by atoms with Crippen molar-refractivity contribution in [1.82, 2.24) is 9.36 Å². The molecule has 2 aromatic rings. The monoisotopic (exact) mass is 341 g/mol. The molecule has 1 N–H and O–H groups in total. The summed E-state index contributed by atoms with van der Waals surface area (Å²) in [6.07, 6.45) is 1.53. The number of halogens is 2. The van der Waals surface area contributed by atoms with Gasteiger partial charge in [-0.25, -0.2) is 0 Å². The Morgan fingerprint density at radius 2 is 1.91 bits per heavy atom. The Morgan fingerprint density at radius 3 is 2.48 bits per heavy atom. The number of rotatable bonds is 7. The van der Waals surface area contributed by atoms with E-state index < -0.39 is 6.61 Å². The lowest BCUT2D eigenvalue weighted by Gasteiger charge is -2.10. The lowest BCUT2D eigenvalue weighted by molar-refractivity contribution is -0.120. The van der Waals surface area contributed by atoms with Crippen LogP contribution in [0.3, 0.4) is 0 Å². The fraction of sp³-hybridized carbons (Fsp3) is 0.400. The summed E-state index contributed by atoms with van der Waals surface area (Å²) in [5.41, 5.74) is 0.658. The summed E-state index contributed by atoms with van der Waals surface area (Å²) >= 11 is 1.08. The zero-order valence-corrected chi connectivity index (χ0v) is 13.6. The van der Waals surface area contributed by atoms with E-state index in [0.717, 1.165) is 24.4 Å². The van der Waals surface area contributed by atoms with Crippen LogP contribution in [0.4, 0.5) is 13.9 Å². The van der Waals surface area contributed by atoms with Gasteiger partial charge in [-0.1, -0.05) is 13.8 Å². The minimum atomic E-state index is -2.86. The molecule has 0 aliphatic carbocycles. The Labute approximate surface area is 136 Å². The van der Waals surface area contributed by atoms with Gasteiger partial charge >= 0.3 is 6.61 Å². The highest BCUT2D eigenvalue weighted by Gasteiger charge is 2.16. The fourth-order valence-corrected chi connectivity index (χ4v) is 2.64. The van der Waals surface area contributed by atoms with Crippen LogP contribution in [-0.4, -0.2) is 21.9 Å². The van der Waals surface area contributed by atoms with Gasteiger partial charge in [0, 0.05) is 23.0 Å². The van der Waals surface area contributed by atoms with Gasteiger partial charge in [-0.3, -0.25) is 4.79 Å². The molecule has 0 radical (unpaired) electrons. The molecule has 1 aromatic heterocycles. The molecule has 0 bridgehead atoms. The number of anilines is 1. The first-order valence-electron chi connectivity index (χ1n) is 7.23. The van der Waals surface area contributed by atoms with Gasteiger partial charge in [0.25, 0.3) is 0 Å². The van der Waals surface area contributed by atoms with Gasteiger partial charge < -0.3 is 10.1 Å². The summed E-state index contributed by atoms with van der Waals surface area (Å²) < 4.78 is 32.7. The predicted molar refractivity (Wildman–Crippen MR) is 84.7 cm³/mol. The number of carbonyl (C=O) groups excluding carboxylic acids is 1. The standard InChI is InChI=1S/C15H17F2N3O2S/c1-3-9(4-2)13(21)19-15-18-12(20-23-15)10-5-7-11(8-6-10)22-14(16)17/h5-9,14H,3-4H2,1-2H3,(H,18,19,20,21). The zero-order valence-electron chi connectivity index (χ0n) is 12.8. The number of alkyl halides is 2. The molecule has 0 fully saturated rings. The molecule has 124 valence electrons. The van der Waals surface area contributed by atoms with Gasteiger partial charge in [0.2, 0.25) is 11.0 Å². The molecular formula is C15H17F2N3O2S. The number of hydrogen-bond acceptors (Lipinski definition) is 5. The maximum absolute atomic E-state index is 12.1. The molecule has 1 aromatic carbocycles. The second kappa shape index (κ2) is 7.96. The van der Waals surface area contributed by atoms with Crippen molar-refractivity contribution >= 4 is 22.6 Å². The lowest BCUT2D eigenvalue weighted by Crippen LogP contribution is -2.21. The number of nitrogens with one attached hydrogen (secondary N) is 1. The Bertz CT molecular complexity index is 642. The van der Waals surface area contributed by atoms with Crippen LogP contribution in [0.5, 0.6) is 5.75 Å². The van der Waals surface area contributed by atoms with Gasteiger partial charge in [0.15, 0.2) is 5.82 Å². The average Bonchev–Trinajstić information content (AvgIpc) is 2.97. The topological polar surface area (TPSA) is 64.1 Å². The maximum Gasteiger partial charge on any atom is 0.387 e. The third kappa shape index (κ3) is 4.69. The third-order valence-electron chi connectivity index (χ3n) is 3.35. The SMILES string of the molecule is CCC(CC)C(=O)Nc1nc(-c2ccc(OC(F)F)cc2)ns1. The highest BCUT2D eigenvalue weighted by atomic mass is 32.1. The second-order valence-corrected chi connectivity index (χ2v) is 5.58. The molecule has 0 saturated heterocycles. The van der Waals surface area contributed by atoms with E-state index in [-0.39, 0.29) is 17.6 Å². The summed E-state index contributed by atoms with van der Waals surface area (Å²) in [7, 11) is 0. The van der Waals surface area contributed by atoms with E-state index in [1.165, 1.54) is 12.1 Å². The Kier molecular flexibility index (Phi) is 5.97. The van der Waals surface area contributed by atoms with E-state index >= 15 is 0 Å². The van der Waals surface area contributed by atoms with Crippen molar-refractivity contribution in [2.45, 2.75) is 33.3 Å². The highest BCUT2D eigenvalue weighted by Crippen LogP contribution is 2.24.